The van der Waals surface area contributed by atoms with Crippen LogP contribution in [0.1, 0.15) is 127 Å². The Hall–Kier alpha value is -10.8. The van der Waals surface area contributed by atoms with Gasteiger partial charge in [-0.3, -0.25) is 14.6 Å². The number of rotatable bonds is 16. The number of allylic oxidation sites excluding steroid dienone is 3. The normalized spacial score (nSPS) is 17.1. The lowest BCUT2D eigenvalue weighted by Crippen LogP contribution is -2.47. The number of fused-ring (bicyclic) bond motifs is 3. The molecular formula is C75H83B4ClF18N10O15. The van der Waals surface area contributed by atoms with Crippen LogP contribution in [0.3, 0.4) is 0 Å². The Morgan fingerprint density at radius 2 is 0.829 bits per heavy atom. The van der Waals surface area contributed by atoms with Crippen LogP contribution in [-0.2, 0) is 46.3 Å². The van der Waals surface area contributed by atoms with Crippen molar-refractivity contribution in [2.24, 2.45) is 11.8 Å². The van der Waals surface area contributed by atoms with Gasteiger partial charge in [-0.1, -0.05) is 45.2 Å². The minimum Gasteiger partial charge on any atom is -0.471 e. The number of anilines is 2. The first-order valence-corrected chi connectivity index (χ1v) is 36.4. The highest BCUT2D eigenvalue weighted by atomic mass is 35.5. The molecule has 0 bridgehead atoms. The molecule has 4 aromatic carbocycles. The summed E-state index contributed by atoms with van der Waals surface area (Å²) in [6.07, 6.45) is -21.7. The van der Waals surface area contributed by atoms with E-state index in [4.69, 9.17) is 46.8 Å². The van der Waals surface area contributed by atoms with Crippen molar-refractivity contribution in [3.8, 4) is 28.9 Å². The number of likely N-dealkylation sites (tertiary alicyclic amines) is 2. The summed E-state index contributed by atoms with van der Waals surface area (Å²) in [6, 6.07) is 9.86. The number of β-amino-alcohol motifs (C(OH)–C–C–N with tert-alkyl or cyclic N) is 1. The molecule has 2 aliphatic heterocycles. The molecule has 5 heterocycles. The number of hydrogen-bond donors (Lipinski definition) is 4. The monoisotopic (exact) mass is 1780 g/mol. The molecule has 7 aromatic rings. The number of nitrogens with two attached hydrogens (primary N) is 2. The number of aliphatic hydroxyl groups is 1. The third kappa shape index (κ3) is 33.1. The smallest absolute Gasteiger partial charge is 0.471 e. The average Bonchev–Trinajstić information content (AvgIpc) is 1.71. The molecule has 6 atom stereocenters. The minimum absolute atomic E-state index is 0.0505. The Morgan fingerprint density at radius 3 is 1.22 bits per heavy atom. The lowest BCUT2D eigenvalue weighted by Gasteiger charge is -2.31. The zero-order valence-corrected chi connectivity index (χ0v) is 68.8. The lowest BCUT2D eigenvalue weighted by molar-refractivity contribution is -0.275. The Kier molecular flexibility index (Phi) is 34.6. The number of esters is 2. The van der Waals surface area contributed by atoms with E-state index in [9.17, 15) is 108 Å². The van der Waals surface area contributed by atoms with Crippen LogP contribution >= 0.6 is 11.6 Å². The number of halogens is 19. The van der Waals surface area contributed by atoms with Crippen LogP contribution in [0.5, 0.6) is 28.9 Å². The molecule has 48 heteroatoms. The molecule has 3 aromatic heterocycles. The van der Waals surface area contributed by atoms with Crippen molar-refractivity contribution in [1.82, 2.24) is 39.7 Å². The zero-order valence-electron chi connectivity index (χ0n) is 68.0. The van der Waals surface area contributed by atoms with Crippen LogP contribution < -0.4 is 40.7 Å². The van der Waals surface area contributed by atoms with E-state index in [-0.39, 0.29) is 81.7 Å². The molecule has 0 spiro atoms. The Labute approximate surface area is 701 Å². The van der Waals surface area contributed by atoms with Gasteiger partial charge in [-0.2, -0.15) is 26.3 Å². The SMILES string of the molecule is C=CC(F)(F)c1nc2ccc(OC(F)(F)F)cc2[nH]c1=O.C=CC(F)(F)c1nc2ccc(OC(F)(F)F)cc2nc1Cl.C=CC(F)(F)c1nc2ccc(OC(F)(F)F)cc2nc1O[C@H]1CN(C(=O)OC(C)(C)C)[C@H](C(=O)OC(C)(C)C)[C@@H]1CC.CC[C@H]1[C@@H](C(=O)OC(C)(C)C)N(C(=O)OC(C)(C)C)C[C@@H]1O.Nc1ccc(OC(F)(F)F)cc1N.[B]B([B])[B]. The fraction of sp³-hybridized carbons (Fsp3) is 0.467. The van der Waals surface area contributed by atoms with E-state index in [2.05, 4.69) is 86.8 Å². The van der Waals surface area contributed by atoms with Crippen LogP contribution in [0, 0.1) is 11.8 Å². The molecule has 2 saturated heterocycles. The number of hydrogen-bond acceptors (Lipinski definition) is 22. The van der Waals surface area contributed by atoms with Crippen LogP contribution in [0.2, 0.25) is 5.15 Å². The number of H-pyrrole nitrogens is 1. The maximum Gasteiger partial charge on any atom is 0.573 e. The van der Waals surface area contributed by atoms with Gasteiger partial charge in [0.15, 0.2) is 22.2 Å². The van der Waals surface area contributed by atoms with Gasteiger partial charge in [0.05, 0.1) is 63.7 Å². The minimum atomic E-state index is -5.00. The third-order valence-corrected chi connectivity index (χ3v) is 15.8. The fourth-order valence-corrected chi connectivity index (χ4v) is 11.1. The highest BCUT2D eigenvalue weighted by Crippen LogP contribution is 2.42. The van der Waals surface area contributed by atoms with Gasteiger partial charge in [-0.25, -0.2) is 44.1 Å². The van der Waals surface area contributed by atoms with Gasteiger partial charge in [0.2, 0.25) is 5.88 Å². The summed E-state index contributed by atoms with van der Waals surface area (Å²) in [5.74, 6) is -16.2. The van der Waals surface area contributed by atoms with Crippen molar-refractivity contribution in [2.45, 2.75) is 200 Å². The average molecular weight is 1790 g/mol. The number of aromatic nitrogens is 6. The number of aliphatic hydroxyl groups excluding tert-OH is 1. The van der Waals surface area contributed by atoms with Crippen LogP contribution in [0.15, 0.2) is 116 Å². The molecule has 2 aliphatic rings. The van der Waals surface area contributed by atoms with E-state index in [0.29, 0.717) is 18.6 Å². The van der Waals surface area contributed by atoms with E-state index in [1.54, 1.807) is 90.0 Å². The van der Waals surface area contributed by atoms with E-state index in [1.165, 1.54) is 11.0 Å². The third-order valence-electron chi connectivity index (χ3n) is 15.5. The highest BCUT2D eigenvalue weighted by Gasteiger charge is 2.53. The fourth-order valence-electron chi connectivity index (χ4n) is 10.8. The van der Waals surface area contributed by atoms with Crippen molar-refractivity contribution in [3.63, 3.8) is 0 Å². The number of carbonyl (C=O) groups excluding carboxylic acids is 4. The summed E-state index contributed by atoms with van der Waals surface area (Å²) in [5, 5.41) is 9.54. The zero-order chi connectivity index (χ0) is 94.4. The van der Waals surface area contributed by atoms with Crippen molar-refractivity contribution >= 4 is 110 Å². The van der Waals surface area contributed by atoms with Crippen molar-refractivity contribution in [2.75, 3.05) is 24.6 Å². The topological polar surface area (TPSA) is 327 Å². The van der Waals surface area contributed by atoms with Gasteiger partial charge in [0.1, 0.15) is 63.6 Å². The summed E-state index contributed by atoms with van der Waals surface area (Å²) in [4.78, 5) is 85.9. The molecular weight excluding hydrogens is 1700 g/mol. The number of benzene rings is 4. The van der Waals surface area contributed by atoms with Gasteiger partial charge < -0.3 is 64.2 Å². The van der Waals surface area contributed by atoms with Crippen molar-refractivity contribution in [1.29, 1.82) is 0 Å². The molecule has 0 aliphatic carbocycles. The molecule has 9 rings (SSSR count). The Bertz CT molecular complexity index is 4930. The number of nitrogens with one attached hydrogen (secondary N) is 1. The number of ether oxygens (including phenoxy) is 9. The second-order valence-corrected chi connectivity index (χ2v) is 30.6. The summed E-state index contributed by atoms with van der Waals surface area (Å²) in [7, 11) is 14.0. The molecule has 0 saturated carbocycles. The number of alkyl halides is 18. The summed E-state index contributed by atoms with van der Waals surface area (Å²) < 4.78 is 272. The van der Waals surface area contributed by atoms with Crippen LogP contribution in [-0.4, -0.2) is 184 Å². The first-order chi connectivity index (χ1) is 55.8. The van der Waals surface area contributed by atoms with Crippen LogP contribution in [0.4, 0.5) is 100.0 Å². The maximum atomic E-state index is 15.0. The lowest BCUT2D eigenvalue weighted by atomic mass is 9.08. The molecule has 6 N–H and O–H groups in total. The number of aromatic amines is 1. The first kappa shape index (κ1) is 105. The molecule has 123 heavy (non-hydrogen) atoms. The summed E-state index contributed by atoms with van der Waals surface area (Å²) in [5.41, 5.74) is 2.79. The first-order valence-electron chi connectivity index (χ1n) is 36.0. The highest BCUT2D eigenvalue weighted by molar-refractivity contribution is 7.49. The molecule has 6 radical (unpaired) electrons. The Balaban J connectivity index is 0.000000337. The molecule has 25 nitrogen and oxygen atoms in total. The quantitative estimate of drug-likeness (QED) is 0.0174. The second-order valence-electron chi connectivity index (χ2n) is 30.3. The molecule has 668 valence electrons. The predicted molar refractivity (Wildman–Crippen MR) is 417 cm³/mol. The van der Waals surface area contributed by atoms with Gasteiger partial charge >= 0.3 is 67.3 Å². The van der Waals surface area contributed by atoms with Crippen molar-refractivity contribution in [3.05, 3.63) is 143 Å². The van der Waals surface area contributed by atoms with E-state index in [0.717, 1.165) is 71.6 Å². The molecule has 0 unspecified atom stereocenters. The molecule has 2 fully saturated rings. The number of nitrogens with zero attached hydrogens (tertiary/aromatic N) is 7. The molecule has 2 amide bonds. The van der Waals surface area contributed by atoms with Gasteiger partial charge in [0.25, 0.3) is 5.56 Å². The predicted octanol–water partition coefficient (Wildman–Crippen LogP) is 16.7. The standard InChI is InChI=1S/C28H34F5N3O6.C16H29NO5.C12H6ClF5N2O.C12H7F5N2O2.C7H7F3N2O.B4/c1-9-16-19(14-36(24(38)42-26(6,7)8)20(16)23(37)41-25(3,4)5)39-22-21(27(29,30)10-2)34-17-12-11-15(13-18(17)35-22)40-28(31,32)33;1-8-10-11(18)9-17(14(20)22-16(5,6)7)12(10)13(19)21-15(2,3)4;1-2-11(14,15)9-10(13)20-8-5-6(21-12(16,17)18)3-4-7(8)19-9;1-2-11(13,14)9-10(20)19-8-5-6(21-12(15,16)17)3-4-7(8)18-9;8-7(9,10)13-4-1-2-5(11)6(12)3-4;1-4(2)3/h10-13,16,19-20H,2,9,14H2,1,3-8H3;10-12,18H,8-9H2,1-7H3;2-5H,1H2;2-5H,1H2,(H,19,20);1-3H,11-12H2;/t16-,19+,20+;10-,11+,12+;;;;/m11..../s1. The van der Waals surface area contributed by atoms with Crippen molar-refractivity contribution < 1.29 is 146 Å². The number of carbonyl (C=O) groups is 4. The van der Waals surface area contributed by atoms with E-state index < -0.39 is 177 Å². The van der Waals surface area contributed by atoms with Crippen LogP contribution in [0.25, 0.3) is 33.1 Å². The number of nitrogen functional groups attached to an aromatic ring is 2. The Morgan fingerprint density at radius 1 is 0.488 bits per heavy atom. The summed E-state index contributed by atoms with van der Waals surface area (Å²) in [6.45, 7) is 32.9. The van der Waals surface area contributed by atoms with Gasteiger partial charge in [-0.05, 0) is 163 Å². The second kappa shape index (κ2) is 40.7. The largest absolute Gasteiger partial charge is 0.573 e. The van der Waals surface area contributed by atoms with Gasteiger partial charge in [0, 0.05) is 65.7 Å². The summed E-state index contributed by atoms with van der Waals surface area (Å²) >= 11 is 5.59. The van der Waals surface area contributed by atoms with Gasteiger partial charge in [-0.15, -0.1) is 52.7 Å². The van der Waals surface area contributed by atoms with E-state index in [1.807, 2.05) is 11.9 Å². The maximum absolute atomic E-state index is 15.0. The number of amides is 2. The van der Waals surface area contributed by atoms with E-state index >= 15 is 0 Å².